The van der Waals surface area contributed by atoms with E-state index in [4.69, 9.17) is 5.11 Å². The molecule has 7 heteroatoms. The average Bonchev–Trinajstić information content (AvgIpc) is 2.78. The van der Waals surface area contributed by atoms with Crippen LogP contribution in [-0.4, -0.2) is 35.2 Å². The van der Waals surface area contributed by atoms with Gasteiger partial charge in [0.2, 0.25) is 5.91 Å². The minimum absolute atomic E-state index is 0.00244. The Bertz CT molecular complexity index is 924. The van der Waals surface area contributed by atoms with Crippen LogP contribution in [0.1, 0.15) is 66.4 Å². The van der Waals surface area contributed by atoms with E-state index in [2.05, 4.69) is 17.4 Å². The Hall–Kier alpha value is -2.93. The smallest absolute Gasteiger partial charge is 0.339 e. The first-order chi connectivity index (χ1) is 14.9. The standard InChI is InChI=1S/C24H29FN2O4/c1-2-26-14-23(29)27(21-13-22(28)19(24(30)31)12-20(21)25)15-16-8-10-18(11-9-16)17-6-4-3-5-7-17/h8-13,17,26,28H,2-7,14-15H2,1H3,(H,30,31). The van der Waals surface area contributed by atoms with Gasteiger partial charge < -0.3 is 20.4 Å². The van der Waals surface area contributed by atoms with Crippen LogP contribution >= 0.6 is 0 Å². The van der Waals surface area contributed by atoms with E-state index in [0.717, 1.165) is 17.7 Å². The lowest BCUT2D eigenvalue weighted by atomic mass is 9.84. The van der Waals surface area contributed by atoms with Crippen LogP contribution in [0.15, 0.2) is 36.4 Å². The van der Waals surface area contributed by atoms with Crippen molar-refractivity contribution in [2.75, 3.05) is 18.0 Å². The van der Waals surface area contributed by atoms with Crippen LogP contribution in [-0.2, 0) is 11.3 Å². The maximum absolute atomic E-state index is 14.7. The molecule has 1 amide bonds. The van der Waals surface area contributed by atoms with Crippen molar-refractivity contribution >= 4 is 17.6 Å². The average molecular weight is 429 g/mol. The van der Waals surface area contributed by atoms with Crippen molar-refractivity contribution in [3.05, 3.63) is 58.9 Å². The van der Waals surface area contributed by atoms with Crippen LogP contribution in [0.2, 0.25) is 0 Å². The van der Waals surface area contributed by atoms with Gasteiger partial charge in [-0.1, -0.05) is 50.5 Å². The van der Waals surface area contributed by atoms with Gasteiger partial charge in [0.25, 0.3) is 0 Å². The number of benzene rings is 2. The summed E-state index contributed by atoms with van der Waals surface area (Å²) < 4.78 is 14.7. The molecule has 0 unspecified atom stereocenters. The topological polar surface area (TPSA) is 89.9 Å². The van der Waals surface area contributed by atoms with Crippen molar-refractivity contribution < 1.29 is 24.2 Å². The molecule has 2 aromatic carbocycles. The Morgan fingerprint density at radius 3 is 2.42 bits per heavy atom. The number of hydrogen-bond donors (Lipinski definition) is 3. The summed E-state index contributed by atoms with van der Waals surface area (Å²) in [6.45, 7) is 2.53. The molecule has 0 radical (unpaired) electrons. The maximum Gasteiger partial charge on any atom is 0.339 e. The normalized spacial score (nSPS) is 14.4. The van der Waals surface area contributed by atoms with Gasteiger partial charge in [-0.2, -0.15) is 0 Å². The fourth-order valence-corrected chi connectivity index (χ4v) is 4.08. The number of carbonyl (C=O) groups excluding carboxylic acids is 1. The van der Waals surface area contributed by atoms with E-state index >= 15 is 0 Å². The third kappa shape index (κ3) is 5.61. The number of carboxylic acid groups (broad SMARTS) is 1. The Kier molecular flexibility index (Phi) is 7.63. The second-order valence-electron chi connectivity index (χ2n) is 7.96. The minimum atomic E-state index is -1.44. The highest BCUT2D eigenvalue weighted by molar-refractivity contribution is 5.97. The molecule has 1 aliphatic carbocycles. The van der Waals surface area contributed by atoms with Crippen molar-refractivity contribution in [1.82, 2.24) is 5.32 Å². The van der Waals surface area contributed by atoms with Crippen LogP contribution in [0.25, 0.3) is 0 Å². The van der Waals surface area contributed by atoms with Crippen molar-refractivity contribution in [3.8, 4) is 5.75 Å². The lowest BCUT2D eigenvalue weighted by Gasteiger charge is -2.25. The lowest BCUT2D eigenvalue weighted by molar-refractivity contribution is -0.118. The van der Waals surface area contributed by atoms with Gasteiger partial charge in [-0.05, 0) is 42.5 Å². The van der Waals surface area contributed by atoms with Crippen LogP contribution in [0.5, 0.6) is 5.75 Å². The summed E-state index contributed by atoms with van der Waals surface area (Å²) in [7, 11) is 0. The molecule has 1 fully saturated rings. The summed E-state index contributed by atoms with van der Waals surface area (Å²) in [4.78, 5) is 25.2. The minimum Gasteiger partial charge on any atom is -0.507 e. The van der Waals surface area contributed by atoms with Gasteiger partial charge in [-0.3, -0.25) is 4.79 Å². The molecule has 3 rings (SSSR count). The molecule has 0 bridgehead atoms. The highest BCUT2D eigenvalue weighted by Crippen LogP contribution is 2.33. The first-order valence-electron chi connectivity index (χ1n) is 10.8. The van der Waals surface area contributed by atoms with E-state index in [1.165, 1.54) is 42.6 Å². The number of nitrogens with one attached hydrogen (secondary N) is 1. The van der Waals surface area contributed by atoms with Gasteiger partial charge in [-0.15, -0.1) is 0 Å². The zero-order valence-corrected chi connectivity index (χ0v) is 17.7. The zero-order chi connectivity index (χ0) is 22.4. The van der Waals surface area contributed by atoms with Crippen LogP contribution < -0.4 is 10.2 Å². The quantitative estimate of drug-likeness (QED) is 0.579. The van der Waals surface area contributed by atoms with Gasteiger partial charge in [-0.25, -0.2) is 9.18 Å². The number of carboxylic acids is 1. The van der Waals surface area contributed by atoms with Gasteiger partial charge in [0.15, 0.2) is 0 Å². The highest BCUT2D eigenvalue weighted by Gasteiger charge is 2.23. The van der Waals surface area contributed by atoms with E-state index < -0.39 is 23.1 Å². The molecule has 3 N–H and O–H groups in total. The number of likely N-dealkylation sites (N-methyl/N-ethyl adjacent to an activating group) is 1. The molecule has 2 aromatic rings. The summed E-state index contributed by atoms with van der Waals surface area (Å²) in [6, 6.07) is 9.77. The number of carbonyl (C=O) groups is 2. The van der Waals surface area contributed by atoms with Gasteiger partial charge in [0.1, 0.15) is 17.1 Å². The number of anilines is 1. The molecule has 6 nitrogen and oxygen atoms in total. The number of nitrogens with zero attached hydrogens (tertiary/aromatic N) is 1. The summed E-state index contributed by atoms with van der Waals surface area (Å²) in [6.07, 6.45) is 6.15. The number of phenols is 1. The van der Waals surface area contributed by atoms with E-state index in [-0.39, 0.29) is 24.7 Å². The first-order valence-corrected chi connectivity index (χ1v) is 10.8. The van der Waals surface area contributed by atoms with E-state index in [1.807, 2.05) is 19.1 Å². The molecule has 166 valence electrons. The molecule has 31 heavy (non-hydrogen) atoms. The lowest BCUT2D eigenvalue weighted by Crippen LogP contribution is -2.38. The number of halogens is 1. The van der Waals surface area contributed by atoms with E-state index in [9.17, 15) is 19.1 Å². The second kappa shape index (κ2) is 10.4. The van der Waals surface area contributed by atoms with Crippen LogP contribution in [0.3, 0.4) is 0 Å². The largest absolute Gasteiger partial charge is 0.507 e. The summed E-state index contributed by atoms with van der Waals surface area (Å²) in [5.74, 6) is -2.71. The molecule has 1 saturated carbocycles. The fraction of sp³-hybridized carbons (Fsp3) is 0.417. The third-order valence-corrected chi connectivity index (χ3v) is 5.81. The molecule has 0 saturated heterocycles. The van der Waals surface area contributed by atoms with Gasteiger partial charge >= 0.3 is 5.97 Å². The maximum atomic E-state index is 14.7. The molecule has 1 aliphatic rings. The van der Waals surface area contributed by atoms with Crippen molar-refractivity contribution in [2.24, 2.45) is 0 Å². The monoisotopic (exact) mass is 428 g/mol. The molecule has 0 atom stereocenters. The number of rotatable bonds is 8. The third-order valence-electron chi connectivity index (χ3n) is 5.81. The van der Waals surface area contributed by atoms with Crippen LogP contribution in [0.4, 0.5) is 10.1 Å². The second-order valence-corrected chi connectivity index (χ2v) is 7.96. The Balaban J connectivity index is 1.87. The van der Waals surface area contributed by atoms with Gasteiger partial charge in [0, 0.05) is 6.07 Å². The molecule has 0 aromatic heterocycles. The fourth-order valence-electron chi connectivity index (χ4n) is 4.08. The molecule has 0 spiro atoms. The predicted octanol–water partition coefficient (Wildman–Crippen LogP) is 4.42. The van der Waals surface area contributed by atoms with E-state index in [0.29, 0.717) is 12.5 Å². The van der Waals surface area contributed by atoms with Crippen LogP contribution in [0, 0.1) is 5.82 Å². The Morgan fingerprint density at radius 1 is 1.13 bits per heavy atom. The van der Waals surface area contributed by atoms with Crippen molar-refractivity contribution in [2.45, 2.75) is 51.5 Å². The SMILES string of the molecule is CCNCC(=O)N(Cc1ccc(C2CCCCC2)cc1)c1cc(O)c(C(=O)O)cc1F. The molecule has 0 heterocycles. The van der Waals surface area contributed by atoms with Crippen molar-refractivity contribution in [3.63, 3.8) is 0 Å². The molecular formula is C24H29FN2O4. The molecule has 0 aliphatic heterocycles. The highest BCUT2D eigenvalue weighted by atomic mass is 19.1. The summed E-state index contributed by atoms with van der Waals surface area (Å²) in [5, 5.41) is 22.1. The Morgan fingerprint density at radius 2 is 1.81 bits per heavy atom. The zero-order valence-electron chi connectivity index (χ0n) is 17.7. The number of aromatic hydroxyl groups is 1. The summed E-state index contributed by atoms with van der Waals surface area (Å²) in [5.41, 5.74) is 1.41. The van der Waals surface area contributed by atoms with Crippen molar-refractivity contribution in [1.29, 1.82) is 0 Å². The van der Waals surface area contributed by atoms with E-state index in [1.54, 1.807) is 0 Å². The predicted molar refractivity (Wildman–Crippen MR) is 117 cm³/mol. The number of hydrogen-bond acceptors (Lipinski definition) is 4. The number of aromatic carboxylic acids is 1. The Labute approximate surface area is 181 Å². The van der Waals surface area contributed by atoms with Gasteiger partial charge in [0.05, 0.1) is 18.8 Å². The first kappa shape index (κ1) is 22.7. The summed E-state index contributed by atoms with van der Waals surface area (Å²) >= 11 is 0. The number of amides is 1. The molecular weight excluding hydrogens is 399 g/mol.